The molecule has 1 aromatic carbocycles. The van der Waals surface area contributed by atoms with E-state index < -0.39 is 0 Å². The van der Waals surface area contributed by atoms with Crippen molar-refractivity contribution < 1.29 is 9.53 Å². The van der Waals surface area contributed by atoms with Crippen LogP contribution in [0.25, 0.3) is 6.08 Å². The summed E-state index contributed by atoms with van der Waals surface area (Å²) in [5.74, 6) is -0.287. The van der Waals surface area contributed by atoms with Gasteiger partial charge in [0.25, 0.3) is 0 Å². The molecule has 0 aliphatic rings. The van der Waals surface area contributed by atoms with Crippen LogP contribution in [-0.2, 0) is 9.53 Å². The molecule has 2 nitrogen and oxygen atoms in total. The van der Waals surface area contributed by atoms with E-state index in [-0.39, 0.29) is 5.97 Å². The molecule has 0 radical (unpaired) electrons. The first-order valence-corrected chi connectivity index (χ1v) is 5.89. The maximum Gasteiger partial charge on any atom is 0.330 e. The van der Waals surface area contributed by atoms with Crippen molar-refractivity contribution in [3.05, 3.63) is 40.0 Å². The molecule has 0 atom stereocenters. The van der Waals surface area contributed by atoms with Crippen molar-refractivity contribution in [1.82, 2.24) is 0 Å². The number of aryl methyl sites for hydroxylation is 2. The smallest absolute Gasteiger partial charge is 0.330 e. The molecule has 2 heteroatoms. The van der Waals surface area contributed by atoms with E-state index in [1.807, 2.05) is 6.08 Å². The van der Waals surface area contributed by atoms with Gasteiger partial charge in [-0.3, -0.25) is 0 Å². The monoisotopic (exact) mass is 232 g/mol. The van der Waals surface area contributed by atoms with E-state index in [1.165, 1.54) is 28.3 Å². The molecule has 92 valence electrons. The zero-order valence-electron chi connectivity index (χ0n) is 11.3. The maximum atomic E-state index is 11.3. The second-order valence-electron chi connectivity index (χ2n) is 4.26. The highest BCUT2D eigenvalue weighted by molar-refractivity contribution is 5.87. The lowest BCUT2D eigenvalue weighted by Crippen LogP contribution is -2.00. The van der Waals surface area contributed by atoms with Gasteiger partial charge in [0, 0.05) is 6.08 Å². The van der Waals surface area contributed by atoms with Crippen molar-refractivity contribution in [2.45, 2.75) is 34.6 Å². The van der Waals surface area contributed by atoms with Crippen LogP contribution < -0.4 is 0 Å². The molecule has 0 aliphatic heterocycles. The first-order valence-electron chi connectivity index (χ1n) is 5.89. The fourth-order valence-electron chi connectivity index (χ4n) is 1.84. The van der Waals surface area contributed by atoms with Gasteiger partial charge in [-0.1, -0.05) is 6.07 Å². The standard InChI is InChI=1S/C15H20O2/c1-6-17-15(16)8-7-14-12(4)10(2)9-11(3)13(14)5/h7-9H,6H2,1-5H3. The van der Waals surface area contributed by atoms with Crippen molar-refractivity contribution >= 4 is 12.0 Å². The van der Waals surface area contributed by atoms with Gasteiger partial charge in [0.2, 0.25) is 0 Å². The van der Waals surface area contributed by atoms with Crippen molar-refractivity contribution in [2.75, 3.05) is 6.61 Å². The molecule has 0 aromatic heterocycles. The third kappa shape index (κ3) is 3.19. The molecule has 0 unspecified atom stereocenters. The van der Waals surface area contributed by atoms with Crippen LogP contribution in [0.5, 0.6) is 0 Å². The fraction of sp³-hybridized carbons (Fsp3) is 0.400. The first-order chi connectivity index (χ1) is 7.97. The Morgan fingerprint density at radius 3 is 2.18 bits per heavy atom. The van der Waals surface area contributed by atoms with Gasteiger partial charge in [0.1, 0.15) is 0 Å². The van der Waals surface area contributed by atoms with Crippen LogP contribution in [0.1, 0.15) is 34.7 Å². The molecule has 1 aromatic rings. The van der Waals surface area contributed by atoms with E-state index >= 15 is 0 Å². The second-order valence-corrected chi connectivity index (χ2v) is 4.26. The van der Waals surface area contributed by atoms with E-state index in [9.17, 15) is 4.79 Å². The Labute approximate surface area is 103 Å². The average Bonchev–Trinajstić information content (AvgIpc) is 2.27. The minimum absolute atomic E-state index is 0.287. The fourth-order valence-corrected chi connectivity index (χ4v) is 1.84. The summed E-state index contributed by atoms with van der Waals surface area (Å²) in [6, 6.07) is 2.17. The van der Waals surface area contributed by atoms with Crippen LogP contribution in [0.4, 0.5) is 0 Å². The Hall–Kier alpha value is -1.57. The number of carbonyl (C=O) groups is 1. The highest BCUT2D eigenvalue weighted by Gasteiger charge is 2.06. The highest BCUT2D eigenvalue weighted by atomic mass is 16.5. The zero-order valence-corrected chi connectivity index (χ0v) is 11.3. The van der Waals surface area contributed by atoms with Crippen molar-refractivity contribution in [2.24, 2.45) is 0 Å². The summed E-state index contributed by atoms with van der Waals surface area (Å²) in [4.78, 5) is 11.3. The largest absolute Gasteiger partial charge is 0.463 e. The van der Waals surface area contributed by atoms with E-state index in [0.717, 1.165) is 5.56 Å². The molecule has 0 fully saturated rings. The SMILES string of the molecule is CCOC(=O)C=Cc1c(C)c(C)cc(C)c1C. The minimum Gasteiger partial charge on any atom is -0.463 e. The van der Waals surface area contributed by atoms with Crippen LogP contribution in [-0.4, -0.2) is 12.6 Å². The molecular formula is C15H20O2. The lowest BCUT2D eigenvalue weighted by Gasteiger charge is -2.11. The predicted molar refractivity (Wildman–Crippen MR) is 71.1 cm³/mol. The molecule has 0 heterocycles. The number of hydrogen-bond donors (Lipinski definition) is 0. The van der Waals surface area contributed by atoms with Gasteiger partial charge in [-0.2, -0.15) is 0 Å². The molecule has 1 rings (SSSR count). The minimum atomic E-state index is -0.287. The van der Waals surface area contributed by atoms with Crippen molar-refractivity contribution in [3.8, 4) is 0 Å². The predicted octanol–water partition coefficient (Wildman–Crippen LogP) is 3.50. The Kier molecular flexibility index (Phi) is 4.50. The van der Waals surface area contributed by atoms with Crippen molar-refractivity contribution in [3.63, 3.8) is 0 Å². The quantitative estimate of drug-likeness (QED) is 0.589. The Morgan fingerprint density at radius 1 is 1.18 bits per heavy atom. The topological polar surface area (TPSA) is 26.3 Å². The van der Waals surface area contributed by atoms with Gasteiger partial charge in [-0.15, -0.1) is 0 Å². The summed E-state index contributed by atoms with van der Waals surface area (Å²) in [7, 11) is 0. The zero-order chi connectivity index (χ0) is 13.0. The molecule has 0 saturated carbocycles. The molecule has 0 amide bonds. The van der Waals surface area contributed by atoms with E-state index in [4.69, 9.17) is 4.74 Å². The lowest BCUT2D eigenvalue weighted by molar-refractivity contribution is -0.137. The summed E-state index contributed by atoms with van der Waals surface area (Å²) in [5, 5.41) is 0. The summed E-state index contributed by atoms with van der Waals surface area (Å²) in [6.07, 6.45) is 3.35. The van der Waals surface area contributed by atoms with Crippen LogP contribution >= 0.6 is 0 Å². The van der Waals surface area contributed by atoms with Crippen LogP contribution in [0.3, 0.4) is 0 Å². The Bertz CT molecular complexity index is 430. The van der Waals surface area contributed by atoms with Crippen LogP contribution in [0.2, 0.25) is 0 Å². The summed E-state index contributed by atoms with van der Waals surface area (Å²) in [5.41, 5.74) is 6.05. The molecule has 0 saturated heterocycles. The first kappa shape index (κ1) is 13.5. The third-order valence-electron chi connectivity index (χ3n) is 3.10. The average molecular weight is 232 g/mol. The lowest BCUT2D eigenvalue weighted by atomic mass is 9.94. The number of ether oxygens (including phenoxy) is 1. The van der Waals surface area contributed by atoms with Gasteiger partial charge in [0.05, 0.1) is 6.61 Å². The van der Waals surface area contributed by atoms with E-state index in [2.05, 4.69) is 33.8 Å². The van der Waals surface area contributed by atoms with Gasteiger partial charge in [-0.25, -0.2) is 4.79 Å². The Balaban J connectivity index is 3.10. The molecule has 17 heavy (non-hydrogen) atoms. The molecule has 0 bridgehead atoms. The van der Waals surface area contributed by atoms with E-state index in [1.54, 1.807) is 6.92 Å². The molecule has 0 aliphatic carbocycles. The highest BCUT2D eigenvalue weighted by Crippen LogP contribution is 2.22. The molecule has 0 spiro atoms. The maximum absolute atomic E-state index is 11.3. The number of rotatable bonds is 3. The Morgan fingerprint density at radius 2 is 1.71 bits per heavy atom. The van der Waals surface area contributed by atoms with Gasteiger partial charge in [0.15, 0.2) is 0 Å². The summed E-state index contributed by atoms with van der Waals surface area (Å²) in [6.45, 7) is 10.5. The van der Waals surface area contributed by atoms with Crippen LogP contribution in [0.15, 0.2) is 12.1 Å². The second kappa shape index (κ2) is 5.67. The number of benzene rings is 1. The number of esters is 1. The third-order valence-corrected chi connectivity index (χ3v) is 3.10. The van der Waals surface area contributed by atoms with Gasteiger partial charge >= 0.3 is 5.97 Å². The normalized spacial score (nSPS) is 10.9. The van der Waals surface area contributed by atoms with E-state index in [0.29, 0.717) is 6.61 Å². The summed E-state index contributed by atoms with van der Waals surface area (Å²) < 4.78 is 4.88. The van der Waals surface area contributed by atoms with Crippen molar-refractivity contribution in [1.29, 1.82) is 0 Å². The van der Waals surface area contributed by atoms with Gasteiger partial charge < -0.3 is 4.74 Å². The number of hydrogen-bond acceptors (Lipinski definition) is 2. The van der Waals surface area contributed by atoms with Gasteiger partial charge in [-0.05, 0) is 68.5 Å². The molecular weight excluding hydrogens is 212 g/mol. The molecule has 0 N–H and O–H groups in total. The number of carbonyl (C=O) groups excluding carboxylic acids is 1. The summed E-state index contributed by atoms with van der Waals surface area (Å²) >= 11 is 0. The van der Waals surface area contributed by atoms with Crippen LogP contribution in [0, 0.1) is 27.7 Å².